The van der Waals surface area contributed by atoms with Crippen molar-refractivity contribution in [1.82, 2.24) is 14.8 Å². The molecule has 14 heteroatoms. The molecule has 2 aliphatic rings. The van der Waals surface area contributed by atoms with E-state index in [0.717, 1.165) is 40.9 Å². The lowest BCUT2D eigenvalue weighted by Crippen LogP contribution is -2.49. The summed E-state index contributed by atoms with van der Waals surface area (Å²) in [6.07, 6.45) is 0.791. The number of fused-ring (bicyclic) bond motifs is 1. The van der Waals surface area contributed by atoms with Crippen molar-refractivity contribution in [3.05, 3.63) is 78.7 Å². The number of hydrogen-bond donors (Lipinski definition) is 1. The highest BCUT2D eigenvalue weighted by Gasteiger charge is 2.36. The Kier molecular flexibility index (Phi) is 8.91. The van der Waals surface area contributed by atoms with Crippen molar-refractivity contribution in [3.63, 3.8) is 0 Å². The largest absolute Gasteiger partial charge is 0.494 e. The fourth-order valence-electron chi connectivity index (χ4n) is 5.42. The molecule has 8 nitrogen and oxygen atoms in total. The Balaban J connectivity index is 1.54. The van der Waals surface area contributed by atoms with Gasteiger partial charge in [0.05, 0.1) is 22.8 Å². The van der Waals surface area contributed by atoms with Gasteiger partial charge in [-0.15, -0.1) is 0 Å². The number of urea groups is 1. The van der Waals surface area contributed by atoms with E-state index in [9.17, 15) is 23.2 Å². The van der Waals surface area contributed by atoms with E-state index in [1.54, 1.807) is 28.0 Å². The van der Waals surface area contributed by atoms with Gasteiger partial charge in [0.1, 0.15) is 17.0 Å². The molecule has 1 aromatic heterocycles. The number of pyridine rings is 1. The van der Waals surface area contributed by atoms with Gasteiger partial charge in [-0.2, -0.15) is 8.78 Å². The van der Waals surface area contributed by atoms with Gasteiger partial charge in [-0.05, 0) is 72.8 Å². The van der Waals surface area contributed by atoms with Crippen LogP contribution in [0.15, 0.2) is 44.9 Å². The van der Waals surface area contributed by atoms with Crippen LogP contribution in [-0.2, 0) is 18.5 Å². The van der Waals surface area contributed by atoms with Crippen LogP contribution in [0.5, 0.6) is 5.75 Å². The molecule has 0 bridgehead atoms. The molecule has 2 aliphatic heterocycles. The first-order valence-electron chi connectivity index (χ1n) is 13.4. The fourth-order valence-corrected chi connectivity index (χ4v) is 7.16. The number of hydrogen-bond acceptors (Lipinski definition) is 5. The molecule has 0 unspecified atom stereocenters. The number of benzene rings is 2. The van der Waals surface area contributed by atoms with E-state index in [4.69, 9.17) is 39.5 Å². The summed E-state index contributed by atoms with van der Waals surface area (Å²) in [5.41, 5.74) is 0.707. The molecule has 228 valence electrons. The summed E-state index contributed by atoms with van der Waals surface area (Å²) in [4.78, 5) is 47.5. The van der Waals surface area contributed by atoms with Gasteiger partial charge >= 0.3 is 11.4 Å². The Bertz CT molecular complexity index is 1660. The number of amides is 3. The molecule has 3 amide bonds. The summed E-state index contributed by atoms with van der Waals surface area (Å²) in [5.74, 6) is -0.158. The van der Waals surface area contributed by atoms with E-state index in [0.29, 0.717) is 31.1 Å². The third-order valence-electron chi connectivity index (χ3n) is 7.56. The van der Waals surface area contributed by atoms with E-state index in [-0.39, 0.29) is 44.5 Å². The number of aromatic nitrogens is 1. The third kappa shape index (κ3) is 5.92. The quantitative estimate of drug-likeness (QED) is 0.268. The highest BCUT2D eigenvalue weighted by atomic mass is 35.5. The summed E-state index contributed by atoms with van der Waals surface area (Å²) in [6.45, 7) is 5.79. The molecule has 1 fully saturated rings. The Morgan fingerprint density at radius 3 is 2.47 bits per heavy atom. The average molecular weight is 672 g/mol. The van der Waals surface area contributed by atoms with Crippen LogP contribution < -0.4 is 15.2 Å². The summed E-state index contributed by atoms with van der Waals surface area (Å²) in [6, 6.07) is 7.40. The first-order valence-corrected chi connectivity index (χ1v) is 15.3. The molecule has 3 heterocycles. The lowest BCUT2D eigenvalue weighted by Gasteiger charge is -2.36. The minimum atomic E-state index is -3.90. The maximum Gasteiger partial charge on any atom is 0.362 e. The molecule has 0 atom stereocenters. The molecule has 5 rings (SSSR count). The van der Waals surface area contributed by atoms with Gasteiger partial charge in [-0.3, -0.25) is 14.5 Å². The lowest BCUT2D eigenvalue weighted by molar-refractivity contribution is 0.0740. The number of halogens is 5. The number of anilines is 1. The molecule has 2 aromatic carbocycles. The van der Waals surface area contributed by atoms with Crippen molar-refractivity contribution in [2.75, 3.05) is 31.6 Å². The number of carbonyl (C=O) groups excluding carboxylic acids is 2. The van der Waals surface area contributed by atoms with Crippen LogP contribution in [0.25, 0.3) is 0 Å². The minimum Gasteiger partial charge on any atom is -0.494 e. The molecular weight excluding hydrogens is 645 g/mol. The number of aromatic amines is 1. The molecule has 1 saturated heterocycles. The van der Waals surface area contributed by atoms with Crippen molar-refractivity contribution in [2.45, 2.75) is 48.5 Å². The van der Waals surface area contributed by atoms with Crippen molar-refractivity contribution in [3.8, 4) is 5.75 Å². The van der Waals surface area contributed by atoms with Crippen molar-refractivity contribution < 1.29 is 23.1 Å². The van der Waals surface area contributed by atoms with E-state index in [2.05, 4.69) is 4.98 Å². The zero-order valence-corrected chi connectivity index (χ0v) is 26.5. The van der Waals surface area contributed by atoms with Gasteiger partial charge in [0, 0.05) is 42.5 Å². The predicted octanol–water partition coefficient (Wildman–Crippen LogP) is 7.25. The zero-order chi connectivity index (χ0) is 31.2. The first kappa shape index (κ1) is 31.4. The smallest absolute Gasteiger partial charge is 0.362 e. The lowest BCUT2D eigenvalue weighted by atomic mass is 10.0. The maximum atomic E-state index is 14.1. The molecular formula is C29H27Cl3F2N4O4S. The van der Waals surface area contributed by atoms with Crippen molar-refractivity contribution in [2.24, 2.45) is 0 Å². The monoisotopic (exact) mass is 670 g/mol. The highest BCUT2D eigenvalue weighted by Crippen LogP contribution is 2.44. The van der Waals surface area contributed by atoms with Crippen LogP contribution in [0.4, 0.5) is 19.3 Å². The van der Waals surface area contributed by atoms with Crippen LogP contribution in [0.1, 0.15) is 46.1 Å². The SMILES string of the molecule is CCN1CCCN(c2cc3c(c(C)c2OC)CN(C(=O)c2c(Sc4c(Cl)cccc4Cl)cc(C(F)(F)Cl)[nH]c2=O)C3)C1=O. The Labute approximate surface area is 265 Å². The van der Waals surface area contributed by atoms with Crippen LogP contribution in [0.3, 0.4) is 0 Å². The van der Waals surface area contributed by atoms with E-state index < -0.39 is 22.5 Å². The van der Waals surface area contributed by atoms with E-state index in [1.807, 2.05) is 19.9 Å². The van der Waals surface area contributed by atoms with Crippen LogP contribution in [0, 0.1) is 6.92 Å². The number of carbonyl (C=O) groups is 2. The van der Waals surface area contributed by atoms with E-state index >= 15 is 0 Å². The van der Waals surface area contributed by atoms with Gasteiger partial charge in [0.2, 0.25) is 0 Å². The average Bonchev–Trinajstić information content (AvgIpc) is 3.39. The van der Waals surface area contributed by atoms with Crippen molar-refractivity contribution in [1.29, 1.82) is 0 Å². The topological polar surface area (TPSA) is 85.9 Å². The fraction of sp³-hybridized carbons (Fsp3) is 0.345. The Morgan fingerprint density at radius 2 is 1.84 bits per heavy atom. The summed E-state index contributed by atoms with van der Waals surface area (Å²) >= 11 is 18.7. The molecule has 1 N–H and O–H groups in total. The summed E-state index contributed by atoms with van der Waals surface area (Å²) < 4.78 is 33.9. The number of rotatable bonds is 7. The van der Waals surface area contributed by atoms with Crippen LogP contribution in [0.2, 0.25) is 10.0 Å². The van der Waals surface area contributed by atoms with Crippen LogP contribution in [-0.4, -0.2) is 53.5 Å². The molecule has 0 spiro atoms. The van der Waals surface area contributed by atoms with Gasteiger partial charge in [-0.1, -0.05) is 41.0 Å². The van der Waals surface area contributed by atoms with Crippen LogP contribution >= 0.6 is 46.6 Å². The molecule has 0 saturated carbocycles. The van der Waals surface area contributed by atoms with Gasteiger partial charge in [0.15, 0.2) is 0 Å². The highest BCUT2D eigenvalue weighted by molar-refractivity contribution is 7.99. The van der Waals surface area contributed by atoms with E-state index in [1.165, 1.54) is 12.0 Å². The number of nitrogens with one attached hydrogen (secondary N) is 1. The van der Waals surface area contributed by atoms with Crippen molar-refractivity contribution >= 4 is 64.2 Å². The molecule has 43 heavy (non-hydrogen) atoms. The summed E-state index contributed by atoms with van der Waals surface area (Å²) in [7, 11) is 1.53. The molecule has 0 aliphatic carbocycles. The zero-order valence-electron chi connectivity index (χ0n) is 23.4. The maximum absolute atomic E-state index is 14.1. The minimum absolute atomic E-state index is 0.0800. The normalized spacial score (nSPS) is 15.3. The number of alkyl halides is 3. The third-order valence-corrected chi connectivity index (χ3v) is 9.80. The van der Waals surface area contributed by atoms with Gasteiger partial charge in [-0.25, -0.2) is 4.79 Å². The predicted molar refractivity (Wildman–Crippen MR) is 163 cm³/mol. The molecule has 0 radical (unpaired) electrons. The second kappa shape index (κ2) is 12.2. The number of ether oxygens (including phenoxy) is 1. The first-order chi connectivity index (χ1) is 20.3. The second-order valence-electron chi connectivity index (χ2n) is 10.1. The standard InChI is InChI=1S/C29H27Cl3F2N4O4S/c1-4-36-9-6-10-38(28(36)41)20-11-16-13-37(14-17(16)15(2)24(20)42-3)27(40)23-21(12-22(29(32,33)34)35-26(23)39)43-25-18(30)7-5-8-19(25)31/h5,7-8,11-12H,4,6,9-10,13-14H2,1-3H3,(H,35,39). The number of nitrogens with zero attached hydrogens (tertiary/aromatic N) is 3. The molecule has 3 aromatic rings. The van der Waals surface area contributed by atoms with Gasteiger partial charge in [0.25, 0.3) is 11.5 Å². The Morgan fingerprint density at radius 1 is 1.14 bits per heavy atom. The summed E-state index contributed by atoms with van der Waals surface area (Å²) in [5, 5.41) is -3.46. The van der Waals surface area contributed by atoms with Gasteiger partial charge < -0.3 is 19.5 Å². The number of methoxy groups -OCH3 is 1. The Hall–Kier alpha value is -2.99. The second-order valence-corrected chi connectivity index (χ2v) is 12.5. The number of H-pyrrole nitrogens is 1.